The van der Waals surface area contributed by atoms with E-state index < -0.39 is 5.91 Å². The first-order valence-electron chi connectivity index (χ1n) is 4.63. The molecule has 1 rings (SSSR count). The van der Waals surface area contributed by atoms with Crippen LogP contribution in [0.4, 0.5) is 5.82 Å². The van der Waals surface area contributed by atoms with Crippen LogP contribution in [0, 0.1) is 0 Å². The number of hydrogen-bond acceptors (Lipinski definition) is 5. The van der Waals surface area contributed by atoms with Crippen molar-refractivity contribution in [2.75, 3.05) is 11.6 Å². The van der Waals surface area contributed by atoms with Crippen LogP contribution < -0.4 is 11.1 Å². The summed E-state index contributed by atoms with van der Waals surface area (Å²) in [6, 6.07) is 0.124. The first-order chi connectivity index (χ1) is 7.45. The number of thioether (sulfide) groups is 1. The average molecular weight is 261 g/mol. The number of nitrogens with one attached hydrogen (secondary N) is 1. The van der Waals surface area contributed by atoms with Gasteiger partial charge >= 0.3 is 0 Å². The van der Waals surface area contributed by atoms with E-state index in [2.05, 4.69) is 15.3 Å². The van der Waals surface area contributed by atoms with Crippen molar-refractivity contribution in [1.82, 2.24) is 9.97 Å². The highest BCUT2D eigenvalue weighted by atomic mass is 35.5. The Morgan fingerprint density at radius 2 is 2.12 bits per heavy atom. The molecule has 7 heteroatoms. The minimum absolute atomic E-state index is 0.0787. The standard InChI is InChI=1S/C9H13ClN4OS/c1-4(2)12-8-5(7(11)15)6(10)13-9(14-8)16-3/h4H,1-3H3,(H2,11,15)(H,12,13,14). The maximum Gasteiger partial charge on any atom is 0.255 e. The molecule has 1 heterocycles. The van der Waals surface area contributed by atoms with Crippen LogP contribution in [0.3, 0.4) is 0 Å². The molecule has 0 fully saturated rings. The van der Waals surface area contributed by atoms with Gasteiger partial charge in [-0.1, -0.05) is 23.4 Å². The zero-order valence-corrected chi connectivity index (χ0v) is 10.8. The van der Waals surface area contributed by atoms with Crippen molar-refractivity contribution < 1.29 is 4.79 Å². The van der Waals surface area contributed by atoms with Gasteiger partial charge in [0.25, 0.3) is 5.91 Å². The van der Waals surface area contributed by atoms with E-state index in [4.69, 9.17) is 17.3 Å². The molecule has 0 aliphatic carbocycles. The van der Waals surface area contributed by atoms with Crippen LogP contribution in [0.15, 0.2) is 5.16 Å². The smallest absolute Gasteiger partial charge is 0.255 e. The normalized spacial score (nSPS) is 10.6. The van der Waals surface area contributed by atoms with E-state index in [9.17, 15) is 4.79 Å². The maximum atomic E-state index is 11.2. The second kappa shape index (κ2) is 5.36. The van der Waals surface area contributed by atoms with Gasteiger partial charge in [-0.05, 0) is 20.1 Å². The first kappa shape index (κ1) is 13.1. The summed E-state index contributed by atoms with van der Waals surface area (Å²) in [6.45, 7) is 3.86. The summed E-state index contributed by atoms with van der Waals surface area (Å²) in [7, 11) is 0. The molecule has 0 saturated heterocycles. The molecule has 0 unspecified atom stereocenters. The number of nitrogens with zero attached hydrogens (tertiary/aromatic N) is 2. The topological polar surface area (TPSA) is 80.9 Å². The molecule has 0 aromatic carbocycles. The molecule has 1 amide bonds. The van der Waals surface area contributed by atoms with Crippen molar-refractivity contribution in [2.24, 2.45) is 5.73 Å². The molecule has 1 aromatic rings. The third kappa shape index (κ3) is 2.99. The molecule has 0 bridgehead atoms. The number of carbonyl (C=O) groups is 1. The Labute approximate surface area is 103 Å². The number of rotatable bonds is 4. The second-order valence-electron chi connectivity index (χ2n) is 3.39. The van der Waals surface area contributed by atoms with Gasteiger partial charge in [0.15, 0.2) is 5.16 Å². The Bertz CT molecular complexity index is 411. The number of hydrogen-bond donors (Lipinski definition) is 2. The van der Waals surface area contributed by atoms with Gasteiger partial charge in [-0.25, -0.2) is 9.97 Å². The molecular weight excluding hydrogens is 248 g/mol. The van der Waals surface area contributed by atoms with E-state index >= 15 is 0 Å². The highest BCUT2D eigenvalue weighted by molar-refractivity contribution is 7.98. The Kier molecular flexibility index (Phi) is 4.37. The Hall–Kier alpha value is -1.01. The monoisotopic (exact) mass is 260 g/mol. The quantitative estimate of drug-likeness (QED) is 0.490. The van der Waals surface area contributed by atoms with E-state index in [1.807, 2.05) is 20.1 Å². The van der Waals surface area contributed by atoms with Crippen molar-refractivity contribution in [3.8, 4) is 0 Å². The second-order valence-corrected chi connectivity index (χ2v) is 4.52. The molecule has 1 aromatic heterocycles. The van der Waals surface area contributed by atoms with Crippen LogP contribution in [0.1, 0.15) is 24.2 Å². The summed E-state index contributed by atoms with van der Waals surface area (Å²) in [5.41, 5.74) is 5.37. The van der Waals surface area contributed by atoms with E-state index in [0.29, 0.717) is 11.0 Å². The van der Waals surface area contributed by atoms with Crippen molar-refractivity contribution >= 4 is 35.1 Å². The lowest BCUT2D eigenvalue weighted by Crippen LogP contribution is -2.20. The number of halogens is 1. The first-order valence-corrected chi connectivity index (χ1v) is 6.23. The molecule has 5 nitrogen and oxygen atoms in total. The van der Waals surface area contributed by atoms with Gasteiger partial charge in [0.05, 0.1) is 0 Å². The third-order valence-corrected chi connectivity index (χ3v) is 2.52. The van der Waals surface area contributed by atoms with E-state index in [1.54, 1.807) is 0 Å². The van der Waals surface area contributed by atoms with Crippen LogP contribution >= 0.6 is 23.4 Å². The summed E-state index contributed by atoms with van der Waals surface area (Å²) in [5, 5.41) is 3.60. The van der Waals surface area contributed by atoms with Crippen LogP contribution in [0.5, 0.6) is 0 Å². The molecule has 3 N–H and O–H groups in total. The highest BCUT2D eigenvalue weighted by Crippen LogP contribution is 2.24. The summed E-state index contributed by atoms with van der Waals surface area (Å²) < 4.78 is 0. The van der Waals surface area contributed by atoms with Gasteiger partial charge in [0, 0.05) is 6.04 Å². The zero-order valence-electron chi connectivity index (χ0n) is 9.24. The molecule has 16 heavy (non-hydrogen) atoms. The number of carbonyl (C=O) groups excluding carboxylic acids is 1. The predicted octanol–water partition coefficient (Wildman–Crippen LogP) is 1.77. The lowest BCUT2D eigenvalue weighted by atomic mass is 10.2. The molecule has 0 spiro atoms. The molecule has 88 valence electrons. The minimum atomic E-state index is -0.638. The van der Waals surface area contributed by atoms with Crippen LogP contribution in [0.2, 0.25) is 5.15 Å². The lowest BCUT2D eigenvalue weighted by Gasteiger charge is -2.13. The van der Waals surface area contributed by atoms with Crippen molar-refractivity contribution in [2.45, 2.75) is 25.0 Å². The number of amides is 1. The SMILES string of the molecule is CSc1nc(Cl)c(C(N)=O)c(NC(C)C)n1. The lowest BCUT2D eigenvalue weighted by molar-refractivity contribution is 0.100. The maximum absolute atomic E-state index is 11.2. The van der Waals surface area contributed by atoms with E-state index in [1.165, 1.54) is 11.8 Å². The molecule has 0 saturated carbocycles. The summed E-state index contributed by atoms with van der Waals surface area (Å²) in [4.78, 5) is 19.4. The number of primary amides is 1. The molecular formula is C9H13ClN4OS. The average Bonchev–Trinajstić information content (AvgIpc) is 2.14. The van der Waals surface area contributed by atoms with Gasteiger partial charge in [0.2, 0.25) is 0 Å². The van der Waals surface area contributed by atoms with Crippen LogP contribution in [0.25, 0.3) is 0 Å². The number of nitrogens with two attached hydrogens (primary N) is 1. The Morgan fingerprint density at radius 3 is 2.56 bits per heavy atom. The van der Waals surface area contributed by atoms with Gasteiger partial charge in [-0.15, -0.1) is 0 Å². The summed E-state index contributed by atoms with van der Waals surface area (Å²) >= 11 is 7.23. The zero-order chi connectivity index (χ0) is 12.3. The minimum Gasteiger partial charge on any atom is -0.367 e. The van der Waals surface area contributed by atoms with Gasteiger partial charge in [0.1, 0.15) is 16.5 Å². The predicted molar refractivity (Wildman–Crippen MR) is 66.1 cm³/mol. The fraction of sp³-hybridized carbons (Fsp3) is 0.444. The fourth-order valence-electron chi connectivity index (χ4n) is 1.10. The molecule has 0 aliphatic heterocycles. The molecule has 0 aliphatic rings. The summed E-state index contributed by atoms with van der Waals surface area (Å²) in [5.74, 6) is -0.257. The Morgan fingerprint density at radius 1 is 1.50 bits per heavy atom. The van der Waals surface area contributed by atoms with Gasteiger partial charge in [-0.2, -0.15) is 0 Å². The van der Waals surface area contributed by atoms with Gasteiger partial charge in [-0.3, -0.25) is 4.79 Å². The highest BCUT2D eigenvalue weighted by Gasteiger charge is 2.18. The number of aromatic nitrogens is 2. The fourth-order valence-corrected chi connectivity index (χ4v) is 1.78. The van der Waals surface area contributed by atoms with Crippen LogP contribution in [-0.2, 0) is 0 Å². The van der Waals surface area contributed by atoms with Crippen LogP contribution in [-0.4, -0.2) is 28.2 Å². The van der Waals surface area contributed by atoms with E-state index in [0.717, 1.165) is 0 Å². The van der Waals surface area contributed by atoms with E-state index in [-0.39, 0.29) is 16.8 Å². The third-order valence-electron chi connectivity index (χ3n) is 1.70. The Balaban J connectivity index is 3.28. The van der Waals surface area contributed by atoms with Crippen molar-refractivity contribution in [1.29, 1.82) is 0 Å². The van der Waals surface area contributed by atoms with Crippen molar-refractivity contribution in [3.05, 3.63) is 10.7 Å². The van der Waals surface area contributed by atoms with Crippen molar-refractivity contribution in [3.63, 3.8) is 0 Å². The number of anilines is 1. The van der Waals surface area contributed by atoms with Gasteiger partial charge < -0.3 is 11.1 Å². The molecule has 0 radical (unpaired) electrons. The largest absolute Gasteiger partial charge is 0.367 e. The summed E-state index contributed by atoms with van der Waals surface area (Å²) in [6.07, 6.45) is 1.83. The molecule has 0 atom stereocenters.